The molecule has 0 fully saturated rings. The lowest BCUT2D eigenvalue weighted by Gasteiger charge is -2.19. The Bertz CT molecular complexity index is 380. The highest BCUT2D eigenvalue weighted by Gasteiger charge is 2.19. The summed E-state index contributed by atoms with van der Waals surface area (Å²) < 4.78 is 0. The second-order valence-electron chi connectivity index (χ2n) is 4.09. The number of nitrogens with two attached hydrogens (primary N) is 1. The van der Waals surface area contributed by atoms with E-state index in [9.17, 15) is 4.79 Å². The van der Waals surface area contributed by atoms with Gasteiger partial charge in [0.05, 0.1) is 0 Å². The third kappa shape index (κ3) is 3.90. The van der Waals surface area contributed by atoms with Crippen LogP contribution in [0.2, 0.25) is 0 Å². The molecule has 1 aromatic rings. The molecule has 0 saturated carbocycles. The molecule has 17 heavy (non-hydrogen) atoms. The van der Waals surface area contributed by atoms with Gasteiger partial charge in [0.1, 0.15) is 24.0 Å². The second-order valence-corrected chi connectivity index (χ2v) is 4.09. The molecule has 0 aliphatic rings. The van der Waals surface area contributed by atoms with Crippen molar-refractivity contribution < 1.29 is 4.79 Å². The largest absolute Gasteiger partial charge is 0.370 e. The molecule has 6 nitrogen and oxygen atoms in total. The van der Waals surface area contributed by atoms with Crippen LogP contribution < -0.4 is 16.4 Å². The van der Waals surface area contributed by atoms with E-state index in [0.717, 1.165) is 12.4 Å². The molecule has 1 heterocycles. The van der Waals surface area contributed by atoms with E-state index in [4.69, 9.17) is 5.73 Å². The van der Waals surface area contributed by atoms with Gasteiger partial charge in [0, 0.05) is 12.6 Å². The number of rotatable bonds is 6. The lowest BCUT2D eigenvalue weighted by molar-refractivity contribution is -0.119. The zero-order chi connectivity index (χ0) is 12.8. The lowest BCUT2D eigenvalue weighted by Crippen LogP contribution is -2.39. The Labute approximate surface area is 101 Å². The van der Waals surface area contributed by atoms with E-state index < -0.39 is 6.04 Å². The van der Waals surface area contributed by atoms with Crippen molar-refractivity contribution in [3.63, 3.8) is 0 Å². The molecule has 0 bridgehead atoms. The summed E-state index contributed by atoms with van der Waals surface area (Å²) in [5.41, 5.74) is 5.32. The first-order chi connectivity index (χ1) is 8.04. The predicted octanol–water partition coefficient (Wildman–Crippen LogP) is 0.830. The first-order valence-electron chi connectivity index (χ1n) is 5.66. The highest BCUT2D eigenvalue weighted by atomic mass is 16.1. The van der Waals surface area contributed by atoms with Crippen molar-refractivity contribution in [1.82, 2.24) is 9.97 Å². The van der Waals surface area contributed by atoms with Crippen molar-refractivity contribution in [1.29, 1.82) is 0 Å². The maximum absolute atomic E-state index is 11.3. The molecule has 0 aliphatic carbocycles. The Morgan fingerprint density at radius 2 is 2.06 bits per heavy atom. The maximum Gasteiger partial charge on any atom is 0.240 e. The number of nitrogens with zero attached hydrogens (tertiary/aromatic N) is 2. The number of anilines is 2. The first kappa shape index (κ1) is 13.2. The average molecular weight is 237 g/mol. The van der Waals surface area contributed by atoms with Gasteiger partial charge in [0.2, 0.25) is 5.91 Å². The zero-order valence-corrected chi connectivity index (χ0v) is 10.4. The molecule has 1 rings (SSSR count). The quantitative estimate of drug-likeness (QED) is 0.681. The topological polar surface area (TPSA) is 92.9 Å². The van der Waals surface area contributed by atoms with Crippen LogP contribution in [0.15, 0.2) is 12.4 Å². The third-order valence-corrected chi connectivity index (χ3v) is 2.30. The van der Waals surface area contributed by atoms with Crippen LogP contribution in [0.5, 0.6) is 0 Å². The molecule has 1 atom stereocenters. The zero-order valence-electron chi connectivity index (χ0n) is 10.4. The molecule has 0 radical (unpaired) electrons. The van der Waals surface area contributed by atoms with Crippen LogP contribution in [0.25, 0.3) is 0 Å². The van der Waals surface area contributed by atoms with Gasteiger partial charge < -0.3 is 16.4 Å². The number of hydrogen-bond donors (Lipinski definition) is 3. The molecule has 0 spiro atoms. The Hall–Kier alpha value is -1.85. The van der Waals surface area contributed by atoms with Crippen LogP contribution in [0.3, 0.4) is 0 Å². The average Bonchev–Trinajstić information content (AvgIpc) is 2.26. The van der Waals surface area contributed by atoms with Gasteiger partial charge in [-0.1, -0.05) is 13.8 Å². The normalized spacial score (nSPS) is 12.2. The summed E-state index contributed by atoms with van der Waals surface area (Å²) in [7, 11) is 0. The van der Waals surface area contributed by atoms with Crippen LogP contribution in [0.4, 0.5) is 11.6 Å². The number of primary amides is 1. The van der Waals surface area contributed by atoms with Crippen molar-refractivity contribution in [2.24, 2.45) is 11.7 Å². The van der Waals surface area contributed by atoms with E-state index in [0.29, 0.717) is 5.82 Å². The first-order valence-corrected chi connectivity index (χ1v) is 5.66. The summed E-state index contributed by atoms with van der Waals surface area (Å²) in [6, 6.07) is 1.32. The van der Waals surface area contributed by atoms with Gasteiger partial charge in [-0.25, -0.2) is 9.97 Å². The van der Waals surface area contributed by atoms with Crippen molar-refractivity contribution in [2.75, 3.05) is 17.2 Å². The molecule has 0 aromatic carbocycles. The van der Waals surface area contributed by atoms with E-state index >= 15 is 0 Å². The minimum absolute atomic E-state index is 0.102. The van der Waals surface area contributed by atoms with Gasteiger partial charge in [-0.3, -0.25) is 4.79 Å². The number of hydrogen-bond acceptors (Lipinski definition) is 5. The van der Waals surface area contributed by atoms with Gasteiger partial charge in [-0.05, 0) is 12.8 Å². The summed E-state index contributed by atoms with van der Waals surface area (Å²) in [4.78, 5) is 19.4. The Balaban J connectivity index is 2.78. The van der Waals surface area contributed by atoms with E-state index in [1.807, 2.05) is 20.8 Å². The fourth-order valence-corrected chi connectivity index (χ4v) is 1.44. The number of carbonyl (C=O) groups is 1. The highest BCUT2D eigenvalue weighted by molar-refractivity contribution is 5.83. The minimum atomic E-state index is -0.431. The smallest absolute Gasteiger partial charge is 0.240 e. The Kier molecular flexibility index (Phi) is 4.68. The van der Waals surface area contributed by atoms with Gasteiger partial charge in [0.15, 0.2) is 0 Å². The van der Waals surface area contributed by atoms with Crippen molar-refractivity contribution in [3.8, 4) is 0 Å². The molecule has 1 unspecified atom stereocenters. The highest BCUT2D eigenvalue weighted by Crippen LogP contribution is 2.12. The molecule has 4 N–H and O–H groups in total. The van der Waals surface area contributed by atoms with Gasteiger partial charge in [-0.15, -0.1) is 0 Å². The van der Waals surface area contributed by atoms with E-state index in [2.05, 4.69) is 20.6 Å². The number of amides is 1. The predicted molar refractivity (Wildman–Crippen MR) is 67.6 cm³/mol. The molecule has 1 amide bonds. The summed E-state index contributed by atoms with van der Waals surface area (Å²) in [6.07, 6.45) is 1.44. The second kappa shape index (κ2) is 6.03. The summed E-state index contributed by atoms with van der Waals surface area (Å²) in [6.45, 7) is 6.61. The van der Waals surface area contributed by atoms with Crippen LogP contribution in [0.1, 0.15) is 20.8 Å². The van der Waals surface area contributed by atoms with Gasteiger partial charge in [-0.2, -0.15) is 0 Å². The van der Waals surface area contributed by atoms with E-state index in [1.54, 1.807) is 6.07 Å². The van der Waals surface area contributed by atoms with Gasteiger partial charge in [0.25, 0.3) is 0 Å². The standard InChI is InChI=1S/C11H19N5O/c1-4-13-8-5-9(15-6-14-8)16-10(7(2)3)11(12)17/h5-7,10H,4H2,1-3H3,(H2,12,17)(H2,13,14,15,16). The number of nitrogens with one attached hydrogen (secondary N) is 2. The monoisotopic (exact) mass is 237 g/mol. The van der Waals surface area contributed by atoms with Crippen LogP contribution >= 0.6 is 0 Å². The van der Waals surface area contributed by atoms with Crippen molar-refractivity contribution in [2.45, 2.75) is 26.8 Å². The van der Waals surface area contributed by atoms with E-state index in [-0.39, 0.29) is 11.8 Å². The van der Waals surface area contributed by atoms with Gasteiger partial charge >= 0.3 is 0 Å². The Morgan fingerprint density at radius 1 is 1.41 bits per heavy atom. The molecular formula is C11H19N5O. The molecule has 6 heteroatoms. The fourth-order valence-electron chi connectivity index (χ4n) is 1.44. The lowest BCUT2D eigenvalue weighted by atomic mass is 10.0. The number of carbonyl (C=O) groups excluding carboxylic acids is 1. The SMILES string of the molecule is CCNc1cc(NC(C(N)=O)C(C)C)ncn1. The van der Waals surface area contributed by atoms with Crippen molar-refractivity contribution >= 4 is 17.5 Å². The van der Waals surface area contributed by atoms with Crippen LogP contribution in [-0.2, 0) is 4.79 Å². The molecule has 0 saturated heterocycles. The molecular weight excluding hydrogens is 218 g/mol. The summed E-state index contributed by atoms with van der Waals surface area (Å²) in [5, 5.41) is 6.08. The molecule has 1 aromatic heterocycles. The van der Waals surface area contributed by atoms with Crippen LogP contribution in [0, 0.1) is 5.92 Å². The number of aromatic nitrogens is 2. The van der Waals surface area contributed by atoms with Crippen molar-refractivity contribution in [3.05, 3.63) is 12.4 Å². The third-order valence-electron chi connectivity index (χ3n) is 2.30. The summed E-state index contributed by atoms with van der Waals surface area (Å²) >= 11 is 0. The maximum atomic E-state index is 11.3. The van der Waals surface area contributed by atoms with Crippen LogP contribution in [-0.4, -0.2) is 28.5 Å². The molecule has 94 valence electrons. The fraction of sp³-hybridized carbons (Fsp3) is 0.545. The van der Waals surface area contributed by atoms with E-state index in [1.165, 1.54) is 6.33 Å². The molecule has 0 aliphatic heterocycles. The minimum Gasteiger partial charge on any atom is -0.370 e. The summed E-state index contributed by atoms with van der Waals surface area (Å²) in [5.74, 6) is 1.03. The Morgan fingerprint density at radius 3 is 2.59 bits per heavy atom.